The van der Waals surface area contributed by atoms with Gasteiger partial charge in [-0.1, -0.05) is 0 Å². The van der Waals surface area contributed by atoms with Gasteiger partial charge in [0.2, 0.25) is 0 Å². The van der Waals surface area contributed by atoms with E-state index in [9.17, 15) is 0 Å². The van der Waals surface area contributed by atoms with E-state index >= 15 is 0 Å². The average Bonchev–Trinajstić information content (AvgIpc) is 1.52. The Labute approximate surface area is 120 Å². The predicted molar refractivity (Wildman–Crippen MR) is 47.9 cm³/mol. The van der Waals surface area contributed by atoms with Crippen molar-refractivity contribution < 1.29 is 35.0 Å². The van der Waals surface area contributed by atoms with Crippen molar-refractivity contribution in [3.63, 3.8) is 0 Å². The number of hydrogen-bond donors (Lipinski definition) is 2. The summed E-state index contributed by atoms with van der Waals surface area (Å²) < 4.78 is 65.7. The van der Waals surface area contributed by atoms with Gasteiger partial charge in [0, 0.05) is 10.4 Å². The number of halogens is 2. The summed E-state index contributed by atoms with van der Waals surface area (Å²) in [6, 6.07) is 0. The van der Waals surface area contributed by atoms with Crippen LogP contribution in [0.15, 0.2) is 0 Å². The van der Waals surface area contributed by atoms with E-state index in [0.29, 0.717) is 0 Å². The molecule has 0 bridgehead atoms. The molecule has 0 rings (SSSR count). The van der Waals surface area contributed by atoms with Gasteiger partial charge in [-0.15, -0.1) is 0 Å². The van der Waals surface area contributed by atoms with Crippen molar-refractivity contribution in [3.8, 4) is 0 Å². The van der Waals surface area contributed by atoms with Gasteiger partial charge < -0.3 is 9.11 Å². The summed E-state index contributed by atoms with van der Waals surface area (Å²) in [5.41, 5.74) is 0. The maximum Gasteiger partial charge on any atom is 2.00 e. The third-order valence-corrected chi connectivity index (χ3v) is 0. The molecule has 0 fully saturated rings. The summed E-state index contributed by atoms with van der Waals surface area (Å²) in [6.45, 7) is 0. The van der Waals surface area contributed by atoms with Crippen LogP contribution in [0.5, 0.6) is 0 Å². The molecule has 0 aromatic rings. The molecule has 14 heteroatoms. The zero-order valence-corrected chi connectivity index (χ0v) is 16.8. The van der Waals surface area contributed by atoms with Gasteiger partial charge in [0.15, 0.2) is 0 Å². The second kappa shape index (κ2) is 13.2. The molecule has 8 nitrogen and oxygen atoms in total. The van der Waals surface area contributed by atoms with Crippen LogP contribution in [0, 0.1) is 0 Å². The smallest absolute Gasteiger partial charge is 2.00 e. The van der Waals surface area contributed by atoms with E-state index in [2.05, 4.69) is 0 Å². The minimum atomic E-state index is -5.17. The largest absolute Gasteiger partial charge is 2.00 e. The quantitative estimate of drug-likeness (QED) is 0.181. The van der Waals surface area contributed by atoms with Gasteiger partial charge in [0.1, 0.15) is 0 Å². The van der Waals surface area contributed by atoms with Crippen molar-refractivity contribution in [1.29, 1.82) is 0 Å². The van der Waals surface area contributed by atoms with Crippen molar-refractivity contribution in [1.82, 2.24) is 0 Å². The third-order valence-electron chi connectivity index (χ3n) is 0. The van der Waals surface area contributed by atoms with Gasteiger partial charge in [0.25, 0.3) is 0 Å². The zero-order chi connectivity index (χ0) is 11.7. The van der Waals surface area contributed by atoms with E-state index < -0.39 is 42.6 Å². The summed E-state index contributed by atoms with van der Waals surface area (Å²) >= 11 is -0.972. The molecule has 0 aliphatic rings. The molecule has 0 aliphatic heterocycles. The Morgan fingerprint density at radius 3 is 1.00 bits per heavy atom. The molecule has 84 valence electrons. The van der Waals surface area contributed by atoms with E-state index in [1.807, 2.05) is 0 Å². The molecule has 0 atom stereocenters. The Morgan fingerprint density at radius 1 is 1.00 bits per heavy atom. The molecule has 2 N–H and O–H groups in total. The Hall–Kier alpha value is 2.16. The molecule has 0 unspecified atom stereocenters. The molecular weight excluding hydrogens is 677 g/mol. The molecule has 4 radical (unpaired) electrons. The van der Waals surface area contributed by atoms with Crippen molar-refractivity contribution >= 4 is 86.5 Å². The minimum absolute atomic E-state index is 0. The van der Waals surface area contributed by atoms with Crippen LogP contribution in [0.4, 0.5) is 0 Å². The van der Waals surface area contributed by atoms with Crippen LogP contribution in [0.3, 0.4) is 0 Å². The van der Waals surface area contributed by atoms with Gasteiger partial charge in [-0.05, 0) is 0 Å². The molecule has 0 saturated carbocycles. The maximum atomic E-state index is 8.74. The molecule has 14 heavy (non-hydrogen) atoms. The fraction of sp³-hybridized carbons (Fsp3) is 0. The van der Waals surface area contributed by atoms with Crippen molar-refractivity contribution in [2.45, 2.75) is 0 Å². The number of rotatable bonds is 0. The Balaban J connectivity index is -0.0000000535. The van der Waals surface area contributed by atoms with E-state index in [0.717, 1.165) is 0 Å². The topological polar surface area (TPSA) is 155 Å². The third kappa shape index (κ3) is 524. The minimum Gasteiger partial charge on any atom is 2.00 e. The molecule has 0 aliphatic carbocycles. The molecular formula is H2Cl2O8Pb2S2. The summed E-state index contributed by atoms with van der Waals surface area (Å²) in [6.07, 6.45) is 0. The Bertz CT molecular complexity index is 232. The fourth-order valence-electron chi connectivity index (χ4n) is 0. The van der Waals surface area contributed by atoms with Crippen LogP contribution in [-0.2, 0) is 20.8 Å². The SMILES string of the molecule is O=S(=O)(O)O.O=S(=O)([O-])[O-].[Cl][Pb][Cl].[Pb+2]. The first kappa shape index (κ1) is 25.1. The van der Waals surface area contributed by atoms with Crippen LogP contribution in [0.25, 0.3) is 0 Å². The van der Waals surface area contributed by atoms with Gasteiger partial charge in [-0.25, -0.2) is 0 Å². The van der Waals surface area contributed by atoms with Crippen LogP contribution in [0.2, 0.25) is 0 Å². The monoisotopic (exact) mass is 680 g/mol. The summed E-state index contributed by atoms with van der Waals surface area (Å²) in [7, 11) is 0.0833. The molecule has 0 amide bonds. The van der Waals surface area contributed by atoms with Crippen molar-refractivity contribution in [2.24, 2.45) is 0 Å². The average molecular weight is 679 g/mol. The van der Waals surface area contributed by atoms with Gasteiger partial charge in [-0.3, -0.25) is 17.5 Å². The first-order valence-corrected chi connectivity index (χ1v) is 14.0. The molecule has 0 saturated heterocycles. The van der Waals surface area contributed by atoms with Crippen LogP contribution >= 0.6 is 16.6 Å². The first-order valence-electron chi connectivity index (χ1n) is 1.74. The second-order valence-electron chi connectivity index (χ2n) is 0.928. The summed E-state index contributed by atoms with van der Waals surface area (Å²) in [5, 5.41) is 0. The van der Waals surface area contributed by atoms with Gasteiger partial charge in [0.05, 0.1) is 0 Å². The van der Waals surface area contributed by atoms with Gasteiger partial charge >= 0.3 is 76.1 Å². The normalized spacial score (nSPS) is 9.57. The molecule has 0 heterocycles. The summed E-state index contributed by atoms with van der Waals surface area (Å²) in [4.78, 5) is 0. The zero-order valence-electron chi connectivity index (χ0n) is 5.92. The van der Waals surface area contributed by atoms with Gasteiger partial charge in [-0.2, -0.15) is 8.42 Å². The Morgan fingerprint density at radius 2 is 1.00 bits per heavy atom. The van der Waals surface area contributed by atoms with E-state index in [1.54, 1.807) is 0 Å². The van der Waals surface area contributed by atoms with E-state index in [1.165, 1.54) is 0 Å². The summed E-state index contributed by atoms with van der Waals surface area (Å²) in [5.74, 6) is 0. The molecule has 0 aromatic carbocycles. The predicted octanol–water partition coefficient (Wildman–Crippen LogP) is -1.37. The fourth-order valence-corrected chi connectivity index (χ4v) is 0. The van der Waals surface area contributed by atoms with Crippen LogP contribution in [-0.4, -0.2) is 84.1 Å². The molecule has 0 aromatic heterocycles. The number of hydrogen-bond acceptors (Lipinski definition) is 6. The maximum absolute atomic E-state index is 8.74. The van der Waals surface area contributed by atoms with E-state index in [4.69, 9.17) is 51.7 Å². The van der Waals surface area contributed by atoms with Crippen molar-refractivity contribution in [3.05, 3.63) is 0 Å². The second-order valence-corrected chi connectivity index (χ2v) is 8.21. The standard InChI is InChI=1S/2ClH.2H2O4S.2Pb/c;;2*1-5(2,3)4;;/h2*1H;2*(H2,1,2,3,4);;/q;;;;2*+2/p-4. The van der Waals surface area contributed by atoms with E-state index in [-0.39, 0.29) is 27.3 Å². The first-order chi connectivity index (χ1) is 5.41. The van der Waals surface area contributed by atoms with Crippen molar-refractivity contribution in [2.75, 3.05) is 0 Å². The van der Waals surface area contributed by atoms with Crippen LogP contribution in [0.1, 0.15) is 0 Å². The Kier molecular flexibility index (Phi) is 23.7. The van der Waals surface area contributed by atoms with Crippen LogP contribution < -0.4 is 0 Å². The molecule has 0 spiro atoms.